The molecule has 0 aliphatic carbocycles. The molecule has 3 aromatic carbocycles. The lowest BCUT2D eigenvalue weighted by Gasteiger charge is -2.05. The van der Waals surface area contributed by atoms with Gasteiger partial charge in [-0.3, -0.25) is 4.79 Å². The molecule has 1 amide bonds. The van der Waals surface area contributed by atoms with Gasteiger partial charge in [-0.25, -0.2) is 0 Å². The second-order valence-electron chi connectivity index (χ2n) is 6.27. The maximum absolute atomic E-state index is 12.1. The highest BCUT2D eigenvalue weighted by atomic mass is 32.2. The Morgan fingerprint density at radius 3 is 2.07 bits per heavy atom. The van der Waals surface area contributed by atoms with Crippen molar-refractivity contribution in [1.29, 1.82) is 0 Å². The van der Waals surface area contributed by atoms with Gasteiger partial charge in [0, 0.05) is 17.9 Å². The van der Waals surface area contributed by atoms with E-state index in [9.17, 15) is 4.79 Å². The van der Waals surface area contributed by atoms with Gasteiger partial charge in [0.25, 0.3) is 0 Å². The molecule has 3 aromatic rings. The maximum Gasteiger partial charge on any atom is 0.224 e. The molecule has 0 aliphatic heterocycles. The summed E-state index contributed by atoms with van der Waals surface area (Å²) >= 11 is 1.86. The van der Waals surface area contributed by atoms with Gasteiger partial charge >= 0.3 is 0 Å². The zero-order valence-corrected chi connectivity index (χ0v) is 16.4. The Bertz CT molecular complexity index is 881. The predicted molar refractivity (Wildman–Crippen MR) is 118 cm³/mol. The van der Waals surface area contributed by atoms with Crippen LogP contribution in [0.3, 0.4) is 0 Å². The summed E-state index contributed by atoms with van der Waals surface area (Å²) in [5.41, 5.74) is 3.66. The number of carbonyl (C=O) groups excluding carboxylic acids is 1. The Hall–Kier alpha value is -2.92. The lowest BCUT2D eigenvalue weighted by molar-refractivity contribution is -0.116. The fourth-order valence-electron chi connectivity index (χ4n) is 2.54. The van der Waals surface area contributed by atoms with E-state index in [1.165, 1.54) is 5.56 Å². The molecular formula is C23H23N3OS. The van der Waals surface area contributed by atoms with Crippen LogP contribution in [0.25, 0.3) is 0 Å². The van der Waals surface area contributed by atoms with Crippen molar-refractivity contribution >= 4 is 34.7 Å². The molecule has 0 heterocycles. The normalized spacial score (nSPS) is 10.9. The van der Waals surface area contributed by atoms with Crippen molar-refractivity contribution in [1.82, 2.24) is 0 Å². The number of hydrogen-bond acceptors (Lipinski definition) is 4. The van der Waals surface area contributed by atoms with E-state index in [2.05, 4.69) is 39.8 Å². The van der Waals surface area contributed by atoms with E-state index in [1.807, 2.05) is 72.4 Å². The molecule has 0 saturated heterocycles. The minimum Gasteiger partial charge on any atom is -0.326 e. The number of nitrogens with one attached hydrogen (secondary N) is 1. The van der Waals surface area contributed by atoms with E-state index in [0.717, 1.165) is 35.0 Å². The van der Waals surface area contributed by atoms with Crippen LogP contribution >= 0.6 is 11.8 Å². The number of rotatable bonds is 9. The third kappa shape index (κ3) is 7.00. The first kappa shape index (κ1) is 19.8. The van der Waals surface area contributed by atoms with Gasteiger partial charge in [-0.1, -0.05) is 48.5 Å². The highest BCUT2D eigenvalue weighted by Gasteiger charge is 2.03. The number of benzene rings is 3. The topological polar surface area (TPSA) is 53.8 Å². The van der Waals surface area contributed by atoms with Gasteiger partial charge in [0.05, 0.1) is 11.4 Å². The van der Waals surface area contributed by atoms with Gasteiger partial charge in [-0.2, -0.15) is 22.0 Å². The second-order valence-corrected chi connectivity index (χ2v) is 7.38. The van der Waals surface area contributed by atoms with E-state index in [0.29, 0.717) is 6.42 Å². The summed E-state index contributed by atoms with van der Waals surface area (Å²) in [7, 11) is 0. The third-order valence-corrected chi connectivity index (χ3v) is 5.11. The molecule has 0 radical (unpaired) electrons. The van der Waals surface area contributed by atoms with Crippen molar-refractivity contribution in [3.05, 3.63) is 90.5 Å². The van der Waals surface area contributed by atoms with Crippen LogP contribution in [0.4, 0.5) is 17.1 Å². The van der Waals surface area contributed by atoms with E-state index in [1.54, 1.807) is 0 Å². The number of thioether (sulfide) groups is 1. The second kappa shape index (κ2) is 11.0. The highest BCUT2D eigenvalue weighted by Crippen LogP contribution is 2.20. The number of nitrogens with zero attached hydrogens (tertiary/aromatic N) is 2. The lowest BCUT2D eigenvalue weighted by Crippen LogP contribution is -2.11. The SMILES string of the molecule is O=C(CCCSCc1ccccc1)Nc1ccc(N=Nc2ccccc2)cc1. The first-order valence-corrected chi connectivity index (χ1v) is 10.4. The first-order chi connectivity index (χ1) is 13.8. The van der Waals surface area contributed by atoms with Crippen molar-refractivity contribution in [3.63, 3.8) is 0 Å². The largest absolute Gasteiger partial charge is 0.326 e. The zero-order chi connectivity index (χ0) is 19.4. The van der Waals surface area contributed by atoms with Crippen molar-refractivity contribution in [3.8, 4) is 0 Å². The first-order valence-electron chi connectivity index (χ1n) is 9.28. The van der Waals surface area contributed by atoms with Gasteiger partial charge in [0.15, 0.2) is 0 Å². The van der Waals surface area contributed by atoms with E-state index >= 15 is 0 Å². The molecule has 28 heavy (non-hydrogen) atoms. The van der Waals surface area contributed by atoms with Crippen LogP contribution < -0.4 is 5.32 Å². The molecule has 0 spiro atoms. The van der Waals surface area contributed by atoms with Gasteiger partial charge < -0.3 is 5.32 Å². The molecule has 0 aromatic heterocycles. The molecular weight excluding hydrogens is 366 g/mol. The third-order valence-electron chi connectivity index (χ3n) is 3.99. The van der Waals surface area contributed by atoms with Crippen molar-refractivity contribution < 1.29 is 4.79 Å². The summed E-state index contributed by atoms with van der Waals surface area (Å²) in [6.45, 7) is 0. The number of azo groups is 1. The number of hydrogen-bond donors (Lipinski definition) is 1. The standard InChI is InChI=1S/C23H23N3OS/c27-23(12-7-17-28-18-19-8-3-1-4-9-19)24-20-13-15-22(16-14-20)26-25-21-10-5-2-6-11-21/h1-6,8-11,13-16H,7,12,17-18H2,(H,24,27). The van der Waals surface area contributed by atoms with Crippen molar-refractivity contribution in [2.24, 2.45) is 10.2 Å². The predicted octanol–water partition coefficient (Wildman–Crippen LogP) is 6.75. The Balaban J connectivity index is 1.36. The monoisotopic (exact) mass is 389 g/mol. The minimum atomic E-state index is 0.0407. The van der Waals surface area contributed by atoms with Crippen LogP contribution in [-0.2, 0) is 10.5 Å². The van der Waals surface area contributed by atoms with Crippen LogP contribution in [0.15, 0.2) is 95.2 Å². The van der Waals surface area contributed by atoms with Gasteiger partial charge in [0.2, 0.25) is 5.91 Å². The summed E-state index contributed by atoms with van der Waals surface area (Å²) in [6.07, 6.45) is 1.39. The maximum atomic E-state index is 12.1. The van der Waals surface area contributed by atoms with E-state index in [4.69, 9.17) is 0 Å². The molecule has 0 saturated carbocycles. The lowest BCUT2D eigenvalue weighted by atomic mass is 10.2. The van der Waals surface area contributed by atoms with Crippen LogP contribution in [0.2, 0.25) is 0 Å². The molecule has 0 unspecified atom stereocenters. The smallest absolute Gasteiger partial charge is 0.224 e. The van der Waals surface area contributed by atoms with E-state index in [-0.39, 0.29) is 5.91 Å². The van der Waals surface area contributed by atoms with E-state index < -0.39 is 0 Å². The molecule has 3 rings (SSSR count). The Kier molecular flexibility index (Phi) is 7.82. The molecule has 142 valence electrons. The van der Waals surface area contributed by atoms with Gasteiger partial charge in [-0.15, -0.1) is 0 Å². The molecule has 5 heteroatoms. The highest BCUT2D eigenvalue weighted by molar-refractivity contribution is 7.98. The van der Waals surface area contributed by atoms with Crippen LogP contribution in [0, 0.1) is 0 Å². The summed E-state index contributed by atoms with van der Waals surface area (Å²) in [6, 6.07) is 27.4. The Morgan fingerprint density at radius 1 is 0.786 bits per heavy atom. The fraction of sp³-hybridized carbons (Fsp3) is 0.174. The summed E-state index contributed by atoms with van der Waals surface area (Å²) in [5, 5.41) is 11.3. The molecule has 0 aliphatic rings. The van der Waals surface area contributed by atoms with Crippen LogP contribution in [0.1, 0.15) is 18.4 Å². The van der Waals surface area contributed by atoms with Crippen molar-refractivity contribution in [2.45, 2.75) is 18.6 Å². The minimum absolute atomic E-state index is 0.0407. The number of anilines is 1. The quantitative estimate of drug-likeness (QED) is 0.325. The average molecular weight is 390 g/mol. The van der Waals surface area contributed by atoms with Gasteiger partial charge in [0.1, 0.15) is 0 Å². The zero-order valence-electron chi connectivity index (χ0n) is 15.6. The van der Waals surface area contributed by atoms with Crippen LogP contribution in [-0.4, -0.2) is 11.7 Å². The summed E-state index contributed by atoms with van der Waals surface area (Å²) in [4.78, 5) is 12.1. The Morgan fingerprint density at radius 2 is 1.39 bits per heavy atom. The molecule has 0 atom stereocenters. The Labute approximate surface area is 170 Å². The summed E-state index contributed by atoms with van der Waals surface area (Å²) < 4.78 is 0. The molecule has 1 N–H and O–H groups in total. The molecule has 0 fully saturated rings. The fourth-order valence-corrected chi connectivity index (χ4v) is 3.47. The summed E-state index contributed by atoms with van der Waals surface area (Å²) in [5.74, 6) is 2.00. The molecule has 0 bridgehead atoms. The van der Waals surface area contributed by atoms with Gasteiger partial charge in [-0.05, 0) is 54.1 Å². The van der Waals surface area contributed by atoms with Crippen LogP contribution in [0.5, 0.6) is 0 Å². The molecule has 4 nitrogen and oxygen atoms in total. The number of carbonyl (C=O) groups is 1. The average Bonchev–Trinajstić information content (AvgIpc) is 2.74. The number of amides is 1. The van der Waals surface area contributed by atoms with Crippen molar-refractivity contribution in [2.75, 3.05) is 11.1 Å².